The Hall–Kier alpha value is -1.83. The molecule has 0 unspecified atom stereocenters. The van der Waals surface area contributed by atoms with Gasteiger partial charge >= 0.3 is 5.97 Å². The molecular weight excluding hydrogens is 256 g/mol. The first-order valence-corrected chi connectivity index (χ1v) is 6.64. The molecule has 0 bridgehead atoms. The minimum Gasteiger partial charge on any atom is -0.428 e. The Labute approximate surface area is 118 Å². The maximum Gasteiger partial charge on any atom is 0.340 e. The summed E-state index contributed by atoms with van der Waals surface area (Å²) in [6.07, 6.45) is 4.72. The van der Waals surface area contributed by atoms with Gasteiger partial charge in [-0.15, -0.1) is 6.42 Å². The Bertz CT molecular complexity index is 519. The van der Waals surface area contributed by atoms with Gasteiger partial charge in [0.25, 0.3) is 0 Å². The van der Waals surface area contributed by atoms with Gasteiger partial charge in [0.1, 0.15) is 0 Å². The maximum absolute atomic E-state index is 12.0. The van der Waals surface area contributed by atoms with E-state index < -0.39 is 17.9 Å². The number of esters is 1. The average molecular weight is 274 g/mol. The van der Waals surface area contributed by atoms with Gasteiger partial charge in [0.05, 0.1) is 11.7 Å². The number of rotatable bonds is 3. The quantitative estimate of drug-likeness (QED) is 0.676. The number of benzene rings is 1. The van der Waals surface area contributed by atoms with E-state index >= 15 is 0 Å². The molecule has 1 aliphatic rings. The maximum atomic E-state index is 12.0. The van der Waals surface area contributed by atoms with Crippen molar-refractivity contribution >= 4 is 5.97 Å². The highest BCUT2D eigenvalue weighted by Gasteiger charge is 2.54. The zero-order valence-electron chi connectivity index (χ0n) is 11.6. The third kappa shape index (κ3) is 2.43. The highest BCUT2D eigenvalue weighted by atomic mass is 16.7. The van der Waals surface area contributed by atoms with Gasteiger partial charge in [-0.3, -0.25) is 0 Å². The third-order valence-electron chi connectivity index (χ3n) is 3.77. The molecule has 0 aliphatic carbocycles. The molecule has 2 rings (SSSR count). The van der Waals surface area contributed by atoms with Crippen LogP contribution in [0, 0.1) is 18.3 Å². The Balaban J connectivity index is 2.17. The molecule has 0 saturated carbocycles. The highest BCUT2D eigenvalue weighted by Crippen LogP contribution is 2.38. The van der Waals surface area contributed by atoms with Gasteiger partial charge in [-0.1, -0.05) is 38.0 Å². The SMILES string of the molecule is C#C[C@]1(O)[C@@H](OC(=O)c2ccccc2)O[C@H](CC)[C@H]1C. The second-order valence-corrected chi connectivity index (χ2v) is 4.94. The van der Waals surface area contributed by atoms with Crippen molar-refractivity contribution in [2.45, 2.75) is 38.3 Å². The van der Waals surface area contributed by atoms with Crippen LogP contribution in [0.1, 0.15) is 30.6 Å². The molecule has 4 nitrogen and oxygen atoms in total. The van der Waals surface area contributed by atoms with E-state index in [0.717, 1.165) is 0 Å². The molecule has 106 valence electrons. The summed E-state index contributed by atoms with van der Waals surface area (Å²) in [6.45, 7) is 3.73. The molecule has 1 aliphatic heterocycles. The number of ether oxygens (including phenoxy) is 2. The summed E-state index contributed by atoms with van der Waals surface area (Å²) in [4.78, 5) is 12.0. The average Bonchev–Trinajstić information content (AvgIpc) is 2.73. The smallest absolute Gasteiger partial charge is 0.340 e. The molecule has 4 atom stereocenters. The van der Waals surface area contributed by atoms with Crippen molar-refractivity contribution in [3.8, 4) is 12.3 Å². The van der Waals surface area contributed by atoms with E-state index in [1.165, 1.54) is 0 Å². The molecule has 0 aromatic heterocycles. The van der Waals surface area contributed by atoms with Crippen molar-refractivity contribution in [1.29, 1.82) is 0 Å². The molecular formula is C16H18O4. The lowest BCUT2D eigenvalue weighted by atomic mass is 9.87. The lowest BCUT2D eigenvalue weighted by molar-refractivity contribution is -0.154. The van der Waals surface area contributed by atoms with E-state index in [0.29, 0.717) is 12.0 Å². The van der Waals surface area contributed by atoms with Crippen LogP contribution >= 0.6 is 0 Å². The van der Waals surface area contributed by atoms with Crippen molar-refractivity contribution in [2.24, 2.45) is 5.92 Å². The zero-order chi connectivity index (χ0) is 14.8. The summed E-state index contributed by atoms with van der Waals surface area (Å²) in [5.74, 6) is 1.45. The van der Waals surface area contributed by atoms with Crippen LogP contribution in [-0.2, 0) is 9.47 Å². The van der Waals surface area contributed by atoms with Gasteiger partial charge in [0.2, 0.25) is 6.29 Å². The number of carbonyl (C=O) groups is 1. The lowest BCUT2D eigenvalue weighted by Gasteiger charge is -2.25. The van der Waals surface area contributed by atoms with Gasteiger partial charge in [-0.2, -0.15) is 0 Å². The largest absolute Gasteiger partial charge is 0.428 e. The van der Waals surface area contributed by atoms with E-state index in [2.05, 4.69) is 5.92 Å². The fourth-order valence-electron chi connectivity index (χ4n) is 2.38. The summed E-state index contributed by atoms with van der Waals surface area (Å²) >= 11 is 0. The Morgan fingerprint density at radius 2 is 2.15 bits per heavy atom. The van der Waals surface area contributed by atoms with Gasteiger partial charge < -0.3 is 14.6 Å². The minimum atomic E-state index is -1.59. The lowest BCUT2D eigenvalue weighted by Crippen LogP contribution is -2.44. The number of hydrogen-bond donors (Lipinski definition) is 1. The summed E-state index contributed by atoms with van der Waals surface area (Å²) < 4.78 is 10.8. The fourth-order valence-corrected chi connectivity index (χ4v) is 2.38. The van der Waals surface area contributed by atoms with E-state index in [1.54, 1.807) is 37.3 Å². The van der Waals surface area contributed by atoms with Crippen molar-refractivity contribution in [2.75, 3.05) is 0 Å². The molecule has 0 amide bonds. The number of carbonyl (C=O) groups excluding carboxylic acids is 1. The molecule has 1 fully saturated rings. The predicted octanol–water partition coefficient (Wildman–Crippen LogP) is 1.98. The molecule has 1 heterocycles. The van der Waals surface area contributed by atoms with Crippen molar-refractivity contribution in [3.05, 3.63) is 35.9 Å². The normalized spacial score (nSPS) is 32.6. The van der Waals surface area contributed by atoms with Crippen LogP contribution in [0.25, 0.3) is 0 Å². The van der Waals surface area contributed by atoms with Crippen LogP contribution in [0.2, 0.25) is 0 Å². The van der Waals surface area contributed by atoms with Gasteiger partial charge in [0.15, 0.2) is 5.60 Å². The third-order valence-corrected chi connectivity index (χ3v) is 3.77. The fraction of sp³-hybridized carbons (Fsp3) is 0.438. The second kappa shape index (κ2) is 5.66. The van der Waals surface area contributed by atoms with Gasteiger partial charge in [0, 0.05) is 5.92 Å². The number of terminal acetylenes is 1. The first kappa shape index (κ1) is 14.6. The van der Waals surface area contributed by atoms with Gasteiger partial charge in [-0.05, 0) is 18.6 Å². The van der Waals surface area contributed by atoms with Crippen LogP contribution in [0.4, 0.5) is 0 Å². The Morgan fingerprint density at radius 3 is 2.70 bits per heavy atom. The predicted molar refractivity (Wildman–Crippen MR) is 73.8 cm³/mol. The molecule has 1 aromatic carbocycles. The van der Waals surface area contributed by atoms with Crippen molar-refractivity contribution in [1.82, 2.24) is 0 Å². The van der Waals surface area contributed by atoms with Crippen molar-refractivity contribution < 1.29 is 19.4 Å². The summed E-state index contributed by atoms with van der Waals surface area (Å²) in [5, 5.41) is 10.5. The Kier molecular flexibility index (Phi) is 4.12. The monoisotopic (exact) mass is 274 g/mol. The van der Waals surface area contributed by atoms with E-state index in [1.807, 2.05) is 6.92 Å². The first-order valence-electron chi connectivity index (χ1n) is 6.64. The summed E-state index contributed by atoms with van der Waals surface area (Å²) in [5.41, 5.74) is -1.20. The zero-order valence-corrected chi connectivity index (χ0v) is 11.6. The topological polar surface area (TPSA) is 55.8 Å². The minimum absolute atomic E-state index is 0.232. The molecule has 20 heavy (non-hydrogen) atoms. The van der Waals surface area contributed by atoms with Crippen molar-refractivity contribution in [3.63, 3.8) is 0 Å². The van der Waals surface area contributed by atoms with Crippen LogP contribution in [0.5, 0.6) is 0 Å². The highest BCUT2D eigenvalue weighted by molar-refractivity contribution is 5.89. The number of hydrogen-bond acceptors (Lipinski definition) is 4. The molecule has 1 aromatic rings. The molecule has 1 N–H and O–H groups in total. The van der Waals surface area contributed by atoms with Crippen LogP contribution in [-0.4, -0.2) is 29.1 Å². The first-order chi connectivity index (χ1) is 9.52. The van der Waals surface area contributed by atoms with Crippen LogP contribution in [0.15, 0.2) is 30.3 Å². The van der Waals surface area contributed by atoms with Crippen LogP contribution in [0.3, 0.4) is 0 Å². The van der Waals surface area contributed by atoms with Gasteiger partial charge in [-0.25, -0.2) is 4.79 Å². The van der Waals surface area contributed by atoms with E-state index in [9.17, 15) is 9.90 Å². The molecule has 1 saturated heterocycles. The standard InChI is InChI=1S/C16H18O4/c1-4-13-11(3)16(18,5-2)15(19-13)20-14(17)12-9-7-6-8-10-12/h2,6-11,13,15,18H,4H2,1,3H3/t11-,13-,15-,16-/m1/s1. The summed E-state index contributed by atoms with van der Waals surface area (Å²) in [6, 6.07) is 8.53. The molecule has 4 heteroatoms. The molecule has 0 spiro atoms. The Morgan fingerprint density at radius 1 is 1.50 bits per heavy atom. The molecule has 0 radical (unpaired) electrons. The summed E-state index contributed by atoms with van der Waals surface area (Å²) in [7, 11) is 0. The number of aliphatic hydroxyl groups is 1. The van der Waals surface area contributed by atoms with E-state index in [4.69, 9.17) is 15.9 Å². The van der Waals surface area contributed by atoms with Crippen LogP contribution < -0.4 is 0 Å². The van der Waals surface area contributed by atoms with E-state index in [-0.39, 0.29) is 12.0 Å². The second-order valence-electron chi connectivity index (χ2n) is 4.94.